The molecule has 152 valence electrons. The van der Waals surface area contributed by atoms with Gasteiger partial charge in [-0.15, -0.1) is 10.2 Å². The van der Waals surface area contributed by atoms with Gasteiger partial charge < -0.3 is 14.1 Å². The van der Waals surface area contributed by atoms with Crippen LogP contribution in [0, 0.1) is 13.8 Å². The van der Waals surface area contributed by atoms with Crippen LogP contribution in [0.15, 0.2) is 40.0 Å². The number of H-pyrrole nitrogens is 1. The number of ketones is 1. The third kappa shape index (κ3) is 4.76. The molecule has 2 aromatic heterocycles. The average molecular weight is 413 g/mol. The molecule has 0 aliphatic carbocycles. The van der Waals surface area contributed by atoms with E-state index in [9.17, 15) is 9.59 Å². The van der Waals surface area contributed by atoms with E-state index in [2.05, 4.69) is 15.2 Å². The van der Waals surface area contributed by atoms with Crippen LogP contribution in [0.5, 0.6) is 0 Å². The first-order valence-electron chi connectivity index (χ1n) is 9.34. The number of thioether (sulfide) groups is 1. The number of carbonyl (C=O) groups is 2. The van der Waals surface area contributed by atoms with Gasteiger partial charge in [-0.2, -0.15) is 0 Å². The molecule has 0 unspecified atom stereocenters. The van der Waals surface area contributed by atoms with Gasteiger partial charge in [0, 0.05) is 5.69 Å². The summed E-state index contributed by atoms with van der Waals surface area (Å²) in [4.78, 5) is 28.1. The molecular weight excluding hydrogens is 390 g/mol. The zero-order chi connectivity index (χ0) is 21.0. The van der Waals surface area contributed by atoms with Crippen molar-refractivity contribution in [2.24, 2.45) is 0 Å². The van der Waals surface area contributed by atoms with Gasteiger partial charge in [0.1, 0.15) is 0 Å². The van der Waals surface area contributed by atoms with E-state index in [0.717, 1.165) is 5.56 Å². The van der Waals surface area contributed by atoms with Gasteiger partial charge in [-0.25, -0.2) is 4.79 Å². The summed E-state index contributed by atoms with van der Waals surface area (Å²) in [5, 5.41) is 7.96. The number of esters is 1. The molecule has 1 N–H and O–H groups in total. The number of benzene rings is 1. The third-order valence-corrected chi connectivity index (χ3v) is 5.39. The molecule has 0 spiro atoms. The Bertz CT molecular complexity index is 1010. The molecule has 2 heterocycles. The lowest BCUT2D eigenvalue weighted by atomic mass is 10.1. The van der Waals surface area contributed by atoms with Crippen LogP contribution in [-0.2, 0) is 11.2 Å². The first kappa shape index (κ1) is 20.9. The summed E-state index contributed by atoms with van der Waals surface area (Å²) in [5.41, 5.74) is 3.09. The van der Waals surface area contributed by atoms with Crippen molar-refractivity contribution in [3.8, 4) is 0 Å². The predicted octanol–water partition coefficient (Wildman–Crippen LogP) is 4.15. The number of nitrogens with zero attached hydrogens (tertiary/aromatic N) is 2. The standard InChI is InChI=1S/C21H23N3O4S/c1-5-27-20(26)17-12(2)18(22-13(17)3)19(25)14(4)29-21-24-23-16(28-21)11-15-9-7-6-8-10-15/h6-10,14,22H,5,11H2,1-4H3/t14-/m0/s1. The van der Waals surface area contributed by atoms with Crippen LogP contribution in [0.4, 0.5) is 0 Å². The molecule has 0 bridgehead atoms. The lowest BCUT2D eigenvalue weighted by Gasteiger charge is -2.07. The highest BCUT2D eigenvalue weighted by Gasteiger charge is 2.27. The van der Waals surface area contributed by atoms with Crippen molar-refractivity contribution in [1.29, 1.82) is 0 Å². The number of carbonyl (C=O) groups excluding carboxylic acids is 2. The van der Waals surface area contributed by atoms with Crippen LogP contribution in [-0.4, -0.2) is 38.8 Å². The second kappa shape index (κ2) is 9.09. The summed E-state index contributed by atoms with van der Waals surface area (Å²) in [6.07, 6.45) is 0.536. The van der Waals surface area contributed by atoms with Crippen LogP contribution in [0.25, 0.3) is 0 Å². The maximum Gasteiger partial charge on any atom is 0.340 e. The highest BCUT2D eigenvalue weighted by atomic mass is 32.2. The maximum atomic E-state index is 12.9. The fourth-order valence-corrected chi connectivity index (χ4v) is 3.80. The van der Waals surface area contributed by atoms with Crippen molar-refractivity contribution in [2.45, 2.75) is 44.6 Å². The Morgan fingerprint density at radius 3 is 2.62 bits per heavy atom. The molecule has 0 aliphatic rings. The predicted molar refractivity (Wildman–Crippen MR) is 109 cm³/mol. The number of rotatable bonds is 8. The number of aryl methyl sites for hydroxylation is 1. The van der Waals surface area contributed by atoms with E-state index >= 15 is 0 Å². The number of aromatic nitrogens is 3. The molecule has 7 nitrogen and oxygen atoms in total. The van der Waals surface area contributed by atoms with Crippen molar-refractivity contribution >= 4 is 23.5 Å². The Balaban J connectivity index is 1.70. The third-order valence-electron chi connectivity index (χ3n) is 4.46. The molecule has 1 aromatic carbocycles. The molecule has 0 aliphatic heterocycles. The minimum absolute atomic E-state index is 0.144. The minimum Gasteiger partial charge on any atom is -0.462 e. The fourth-order valence-electron chi connectivity index (χ4n) is 3.04. The minimum atomic E-state index is -0.466. The second-order valence-corrected chi connectivity index (χ2v) is 7.89. The highest BCUT2D eigenvalue weighted by Crippen LogP contribution is 2.27. The van der Waals surface area contributed by atoms with Crippen molar-refractivity contribution in [2.75, 3.05) is 6.61 Å². The summed E-state index contributed by atoms with van der Waals surface area (Å²) in [7, 11) is 0. The van der Waals surface area contributed by atoms with Crippen molar-refractivity contribution < 1.29 is 18.7 Å². The highest BCUT2D eigenvalue weighted by molar-refractivity contribution is 8.00. The number of hydrogen-bond acceptors (Lipinski definition) is 7. The molecule has 0 amide bonds. The fraction of sp³-hybridized carbons (Fsp3) is 0.333. The molecule has 0 saturated heterocycles. The van der Waals surface area contributed by atoms with E-state index < -0.39 is 11.2 Å². The van der Waals surface area contributed by atoms with E-state index in [1.165, 1.54) is 11.8 Å². The smallest absolute Gasteiger partial charge is 0.340 e. The summed E-state index contributed by atoms with van der Waals surface area (Å²) in [5.74, 6) is -0.0793. The van der Waals surface area contributed by atoms with Gasteiger partial charge in [0.05, 0.1) is 29.5 Å². The zero-order valence-electron chi connectivity index (χ0n) is 16.8. The lowest BCUT2D eigenvalue weighted by Crippen LogP contribution is -2.15. The van der Waals surface area contributed by atoms with Crippen LogP contribution in [0.2, 0.25) is 0 Å². The summed E-state index contributed by atoms with van der Waals surface area (Å²) < 4.78 is 10.8. The Labute approximate surface area is 173 Å². The SMILES string of the molecule is CCOC(=O)c1c(C)[nH]c(C(=O)[C@H](C)Sc2nnc(Cc3ccccc3)o2)c1C. The van der Waals surface area contributed by atoms with Gasteiger partial charge in [-0.3, -0.25) is 4.79 Å². The van der Waals surface area contributed by atoms with E-state index in [1.54, 1.807) is 27.7 Å². The first-order chi connectivity index (χ1) is 13.9. The van der Waals surface area contributed by atoms with Gasteiger partial charge in [-0.1, -0.05) is 42.1 Å². The zero-order valence-corrected chi connectivity index (χ0v) is 17.6. The normalized spacial score (nSPS) is 12.0. The summed E-state index contributed by atoms with van der Waals surface area (Å²) in [6.45, 7) is 7.29. The number of ether oxygens (including phenoxy) is 1. The van der Waals surface area contributed by atoms with Crippen molar-refractivity contribution in [3.63, 3.8) is 0 Å². The largest absolute Gasteiger partial charge is 0.462 e. The summed E-state index contributed by atoms with van der Waals surface area (Å²) >= 11 is 1.19. The molecule has 3 aromatic rings. The van der Waals surface area contributed by atoms with Crippen LogP contribution >= 0.6 is 11.8 Å². The van der Waals surface area contributed by atoms with E-state index in [1.807, 2.05) is 30.3 Å². The van der Waals surface area contributed by atoms with Gasteiger partial charge >= 0.3 is 5.97 Å². The summed E-state index contributed by atoms with van der Waals surface area (Å²) in [6, 6.07) is 9.82. The Kier molecular flexibility index (Phi) is 6.53. The van der Waals surface area contributed by atoms with Gasteiger partial charge in [0.15, 0.2) is 5.78 Å². The molecule has 8 heteroatoms. The Morgan fingerprint density at radius 2 is 1.93 bits per heavy atom. The molecule has 3 rings (SSSR count). The molecular formula is C21H23N3O4S. The monoisotopic (exact) mass is 413 g/mol. The lowest BCUT2D eigenvalue weighted by molar-refractivity contribution is 0.0525. The molecule has 0 fully saturated rings. The van der Waals surface area contributed by atoms with Gasteiger partial charge in [0.25, 0.3) is 5.22 Å². The van der Waals surface area contributed by atoms with Gasteiger partial charge in [0.2, 0.25) is 5.89 Å². The molecule has 0 radical (unpaired) electrons. The van der Waals surface area contributed by atoms with Crippen molar-refractivity contribution in [3.05, 3.63) is 64.3 Å². The number of Topliss-reactive ketones (excluding diaryl/α,β-unsaturated/α-hetero) is 1. The van der Waals surface area contributed by atoms with Crippen LogP contribution < -0.4 is 0 Å². The van der Waals surface area contributed by atoms with E-state index in [-0.39, 0.29) is 12.4 Å². The second-order valence-electron chi connectivity index (χ2n) is 6.59. The number of aromatic amines is 1. The van der Waals surface area contributed by atoms with Gasteiger partial charge in [-0.05, 0) is 38.8 Å². The quantitative estimate of drug-likeness (QED) is 0.336. The number of hydrogen-bond donors (Lipinski definition) is 1. The van der Waals surface area contributed by atoms with E-state index in [0.29, 0.717) is 40.0 Å². The maximum absolute atomic E-state index is 12.9. The Hall–Kier alpha value is -2.87. The Morgan fingerprint density at radius 1 is 1.21 bits per heavy atom. The molecule has 1 atom stereocenters. The topological polar surface area (TPSA) is 98.1 Å². The van der Waals surface area contributed by atoms with Crippen molar-refractivity contribution in [1.82, 2.24) is 15.2 Å². The van der Waals surface area contributed by atoms with Crippen LogP contribution in [0.1, 0.15) is 57.4 Å². The number of nitrogens with one attached hydrogen (secondary N) is 1. The van der Waals surface area contributed by atoms with E-state index in [4.69, 9.17) is 9.15 Å². The first-order valence-corrected chi connectivity index (χ1v) is 10.2. The molecule has 29 heavy (non-hydrogen) atoms. The average Bonchev–Trinajstić information content (AvgIpc) is 3.25. The van der Waals surface area contributed by atoms with Crippen LogP contribution in [0.3, 0.4) is 0 Å². The molecule has 0 saturated carbocycles.